The van der Waals surface area contributed by atoms with Crippen LogP contribution in [0.15, 0.2) is 12.3 Å². The second kappa shape index (κ2) is 6.36. The first-order valence-corrected chi connectivity index (χ1v) is 6.63. The van der Waals surface area contributed by atoms with Crippen LogP contribution < -0.4 is 11.3 Å². The van der Waals surface area contributed by atoms with Gasteiger partial charge in [-0.3, -0.25) is 15.2 Å². The first-order valence-electron chi connectivity index (χ1n) is 6.25. The normalized spacial score (nSPS) is 12.8. The molecule has 0 amide bonds. The molecule has 0 bridgehead atoms. The third-order valence-corrected chi connectivity index (χ3v) is 3.41. The Bertz CT molecular complexity index is 579. The summed E-state index contributed by atoms with van der Waals surface area (Å²) in [6.07, 6.45) is 1.61. The van der Waals surface area contributed by atoms with Gasteiger partial charge in [0.15, 0.2) is 0 Å². The summed E-state index contributed by atoms with van der Waals surface area (Å²) in [5.74, 6) is 5.72. The summed E-state index contributed by atoms with van der Waals surface area (Å²) >= 11 is 6.26. The standard InChI is InChI=1S/C12H19ClN6O/c1-8-6-10(18(2)17-8)11(16-14)12-9(13)7-15-19(12)4-5-20-3/h6-7,11,16H,4-5,14H2,1-3H3. The predicted octanol–water partition coefficient (Wildman–Crippen LogP) is 0.778. The maximum Gasteiger partial charge on any atom is 0.106 e. The van der Waals surface area contributed by atoms with Crippen LogP contribution in [0.3, 0.4) is 0 Å². The van der Waals surface area contributed by atoms with Gasteiger partial charge in [-0.2, -0.15) is 10.2 Å². The van der Waals surface area contributed by atoms with E-state index in [-0.39, 0.29) is 6.04 Å². The van der Waals surface area contributed by atoms with Crippen LogP contribution in [0.4, 0.5) is 0 Å². The summed E-state index contributed by atoms with van der Waals surface area (Å²) in [6.45, 7) is 3.08. The second-order valence-electron chi connectivity index (χ2n) is 4.53. The molecule has 0 aliphatic carbocycles. The van der Waals surface area contributed by atoms with E-state index < -0.39 is 0 Å². The molecular weight excluding hydrogens is 280 g/mol. The summed E-state index contributed by atoms with van der Waals surface area (Å²) in [7, 11) is 3.52. The van der Waals surface area contributed by atoms with Crippen molar-refractivity contribution in [1.29, 1.82) is 0 Å². The van der Waals surface area contributed by atoms with Gasteiger partial charge in [0.05, 0.1) is 41.5 Å². The molecule has 0 fully saturated rings. The van der Waals surface area contributed by atoms with Crippen molar-refractivity contribution in [2.24, 2.45) is 12.9 Å². The molecule has 0 aliphatic heterocycles. The molecule has 2 heterocycles. The lowest BCUT2D eigenvalue weighted by Crippen LogP contribution is -2.32. The van der Waals surface area contributed by atoms with Gasteiger partial charge in [-0.15, -0.1) is 0 Å². The molecule has 0 saturated carbocycles. The van der Waals surface area contributed by atoms with E-state index in [0.717, 1.165) is 17.1 Å². The number of nitrogens with two attached hydrogens (primary N) is 1. The fourth-order valence-corrected chi connectivity index (χ4v) is 2.47. The van der Waals surface area contributed by atoms with Crippen molar-refractivity contribution >= 4 is 11.6 Å². The Kier molecular flexibility index (Phi) is 4.77. The highest BCUT2D eigenvalue weighted by molar-refractivity contribution is 6.31. The summed E-state index contributed by atoms with van der Waals surface area (Å²) in [4.78, 5) is 0. The van der Waals surface area contributed by atoms with E-state index in [0.29, 0.717) is 18.2 Å². The molecule has 110 valence electrons. The number of aryl methyl sites for hydroxylation is 2. The Morgan fingerprint density at radius 1 is 1.55 bits per heavy atom. The molecule has 2 aromatic heterocycles. The fraction of sp³-hybridized carbons (Fsp3) is 0.500. The zero-order chi connectivity index (χ0) is 14.7. The lowest BCUT2D eigenvalue weighted by molar-refractivity contribution is 0.182. The van der Waals surface area contributed by atoms with Gasteiger partial charge in [-0.05, 0) is 13.0 Å². The Labute approximate surface area is 122 Å². The third-order valence-electron chi connectivity index (χ3n) is 3.11. The highest BCUT2D eigenvalue weighted by Crippen LogP contribution is 2.27. The van der Waals surface area contributed by atoms with Gasteiger partial charge in [0, 0.05) is 14.2 Å². The van der Waals surface area contributed by atoms with Gasteiger partial charge in [0.25, 0.3) is 0 Å². The minimum atomic E-state index is -0.284. The Morgan fingerprint density at radius 3 is 2.85 bits per heavy atom. The zero-order valence-electron chi connectivity index (χ0n) is 11.8. The second-order valence-corrected chi connectivity index (χ2v) is 4.93. The van der Waals surface area contributed by atoms with E-state index in [9.17, 15) is 0 Å². The number of rotatable bonds is 6. The van der Waals surface area contributed by atoms with Crippen molar-refractivity contribution < 1.29 is 4.74 Å². The molecule has 1 atom stereocenters. The molecule has 20 heavy (non-hydrogen) atoms. The molecule has 0 aromatic carbocycles. The van der Waals surface area contributed by atoms with Crippen molar-refractivity contribution in [2.45, 2.75) is 19.5 Å². The van der Waals surface area contributed by atoms with Gasteiger partial charge in [-0.25, -0.2) is 5.43 Å². The van der Waals surface area contributed by atoms with Gasteiger partial charge in [-0.1, -0.05) is 11.6 Å². The minimum Gasteiger partial charge on any atom is -0.383 e. The number of hydrogen-bond acceptors (Lipinski definition) is 5. The number of nitrogens with one attached hydrogen (secondary N) is 1. The molecule has 2 aromatic rings. The first kappa shape index (κ1) is 15.0. The topological polar surface area (TPSA) is 82.9 Å². The number of halogens is 1. The first-order chi connectivity index (χ1) is 9.58. The van der Waals surface area contributed by atoms with E-state index in [2.05, 4.69) is 15.6 Å². The predicted molar refractivity (Wildman–Crippen MR) is 76.2 cm³/mol. The van der Waals surface area contributed by atoms with Crippen molar-refractivity contribution in [3.63, 3.8) is 0 Å². The molecule has 8 heteroatoms. The smallest absolute Gasteiger partial charge is 0.106 e. The average molecular weight is 299 g/mol. The van der Waals surface area contributed by atoms with Gasteiger partial charge in [0.2, 0.25) is 0 Å². The van der Waals surface area contributed by atoms with Crippen LogP contribution >= 0.6 is 11.6 Å². The number of nitrogens with zero attached hydrogens (tertiary/aromatic N) is 4. The van der Waals surface area contributed by atoms with Crippen LogP contribution in [0, 0.1) is 6.92 Å². The highest BCUT2D eigenvalue weighted by atomic mass is 35.5. The van der Waals surface area contributed by atoms with Crippen LogP contribution in [0.25, 0.3) is 0 Å². The Morgan fingerprint density at radius 2 is 2.30 bits per heavy atom. The van der Waals surface area contributed by atoms with E-state index in [1.807, 2.05) is 20.0 Å². The van der Waals surface area contributed by atoms with E-state index in [4.69, 9.17) is 22.2 Å². The summed E-state index contributed by atoms with van der Waals surface area (Å²) in [5.41, 5.74) is 5.43. The van der Waals surface area contributed by atoms with Crippen molar-refractivity contribution in [1.82, 2.24) is 25.0 Å². The number of hydrazine groups is 1. The van der Waals surface area contributed by atoms with Crippen LogP contribution in [-0.4, -0.2) is 33.3 Å². The molecule has 3 N–H and O–H groups in total. The van der Waals surface area contributed by atoms with Gasteiger partial charge >= 0.3 is 0 Å². The Balaban J connectivity index is 2.41. The lowest BCUT2D eigenvalue weighted by atomic mass is 10.1. The number of methoxy groups -OCH3 is 1. The number of aromatic nitrogens is 4. The maximum absolute atomic E-state index is 6.26. The van der Waals surface area contributed by atoms with Crippen LogP contribution in [0.5, 0.6) is 0 Å². The number of ether oxygens (including phenoxy) is 1. The fourth-order valence-electron chi connectivity index (χ4n) is 2.22. The van der Waals surface area contributed by atoms with E-state index in [1.165, 1.54) is 0 Å². The van der Waals surface area contributed by atoms with E-state index in [1.54, 1.807) is 22.7 Å². The largest absolute Gasteiger partial charge is 0.383 e. The van der Waals surface area contributed by atoms with Crippen LogP contribution in [-0.2, 0) is 18.3 Å². The molecule has 0 aliphatic rings. The molecule has 0 spiro atoms. The average Bonchev–Trinajstić information content (AvgIpc) is 2.93. The molecule has 2 rings (SSSR count). The quantitative estimate of drug-likeness (QED) is 0.608. The van der Waals surface area contributed by atoms with Crippen LogP contribution in [0.1, 0.15) is 23.1 Å². The summed E-state index contributed by atoms with van der Waals surface area (Å²) in [6, 6.07) is 1.68. The monoisotopic (exact) mass is 298 g/mol. The maximum atomic E-state index is 6.26. The van der Waals surface area contributed by atoms with Crippen LogP contribution in [0.2, 0.25) is 5.02 Å². The molecular formula is C12H19ClN6O. The number of hydrogen-bond donors (Lipinski definition) is 2. The lowest BCUT2D eigenvalue weighted by Gasteiger charge is -2.18. The highest BCUT2D eigenvalue weighted by Gasteiger charge is 2.24. The molecule has 0 saturated heterocycles. The summed E-state index contributed by atoms with van der Waals surface area (Å²) < 4.78 is 8.66. The van der Waals surface area contributed by atoms with Crippen molar-refractivity contribution in [3.8, 4) is 0 Å². The SMILES string of the molecule is COCCn1ncc(Cl)c1C(NN)c1cc(C)nn1C. The van der Waals surface area contributed by atoms with Gasteiger partial charge < -0.3 is 4.74 Å². The molecule has 0 radical (unpaired) electrons. The van der Waals surface area contributed by atoms with Crippen molar-refractivity contribution in [3.05, 3.63) is 34.4 Å². The molecule has 7 nitrogen and oxygen atoms in total. The molecule has 1 unspecified atom stereocenters. The third kappa shape index (κ3) is 2.85. The van der Waals surface area contributed by atoms with E-state index >= 15 is 0 Å². The van der Waals surface area contributed by atoms with Crippen molar-refractivity contribution in [2.75, 3.05) is 13.7 Å². The minimum absolute atomic E-state index is 0.284. The Hall–Kier alpha value is -1.41. The zero-order valence-corrected chi connectivity index (χ0v) is 12.6. The summed E-state index contributed by atoms with van der Waals surface area (Å²) in [5, 5.41) is 9.16. The van der Waals surface area contributed by atoms with Gasteiger partial charge in [0.1, 0.15) is 6.04 Å².